The lowest BCUT2D eigenvalue weighted by molar-refractivity contribution is -0.237. The number of ether oxygens (including phenoxy) is 3. The van der Waals surface area contributed by atoms with Crippen LogP contribution in [-0.4, -0.2) is 78.5 Å². The summed E-state index contributed by atoms with van der Waals surface area (Å²) in [6.07, 6.45) is 0.645. The molecule has 0 aromatic heterocycles. The predicted octanol–water partition coefficient (Wildman–Crippen LogP) is -0.559. The van der Waals surface area contributed by atoms with Gasteiger partial charge < -0.3 is 35.1 Å². The van der Waals surface area contributed by atoms with Gasteiger partial charge in [0.25, 0.3) is 0 Å². The number of carbonyl (C=O) groups is 2. The fourth-order valence-corrected chi connectivity index (χ4v) is 3.30. The molecule has 2 heterocycles. The lowest BCUT2D eigenvalue weighted by atomic mass is 9.88. The number of fused-ring (bicyclic) bond motifs is 2. The van der Waals surface area contributed by atoms with Gasteiger partial charge in [-0.15, -0.1) is 0 Å². The SMILES string of the molecule is CCCCNC(=O)CCCCOC[C@@]12CO[C@@H](O1)[C@H](NC(C)=O)[C@@H](O)[C@H]2O. The molecule has 2 aliphatic rings. The monoisotopic (exact) mass is 388 g/mol. The highest BCUT2D eigenvalue weighted by molar-refractivity contribution is 5.75. The van der Waals surface area contributed by atoms with E-state index in [9.17, 15) is 19.8 Å². The minimum atomic E-state index is -1.24. The number of unbranched alkanes of at least 4 members (excludes halogenated alkanes) is 2. The first kappa shape index (κ1) is 22.0. The van der Waals surface area contributed by atoms with E-state index < -0.39 is 30.1 Å². The molecule has 0 saturated carbocycles. The number of nitrogens with one attached hydrogen (secondary N) is 2. The Kier molecular flexibility index (Phi) is 8.43. The Bertz CT molecular complexity index is 504. The molecule has 5 atom stereocenters. The molecule has 2 aliphatic heterocycles. The maximum atomic E-state index is 11.6. The van der Waals surface area contributed by atoms with Crippen molar-refractivity contribution in [3.05, 3.63) is 0 Å². The third-order valence-electron chi connectivity index (χ3n) is 4.88. The summed E-state index contributed by atoms with van der Waals surface area (Å²) in [5.74, 6) is -0.292. The molecule has 9 nitrogen and oxygen atoms in total. The average Bonchev–Trinajstić information content (AvgIpc) is 3.03. The molecule has 0 spiro atoms. The van der Waals surface area contributed by atoms with Crippen LogP contribution in [0.25, 0.3) is 0 Å². The molecular weight excluding hydrogens is 356 g/mol. The Morgan fingerprint density at radius 2 is 2.04 bits per heavy atom. The van der Waals surface area contributed by atoms with E-state index in [0.29, 0.717) is 32.4 Å². The normalized spacial score (nSPS) is 32.3. The topological polar surface area (TPSA) is 126 Å². The Balaban J connectivity index is 1.68. The summed E-state index contributed by atoms with van der Waals surface area (Å²) in [5, 5.41) is 26.1. The fourth-order valence-electron chi connectivity index (χ4n) is 3.30. The summed E-state index contributed by atoms with van der Waals surface area (Å²) in [7, 11) is 0. The lowest BCUT2D eigenvalue weighted by Gasteiger charge is -2.42. The van der Waals surface area contributed by atoms with Gasteiger partial charge >= 0.3 is 0 Å². The van der Waals surface area contributed by atoms with Gasteiger partial charge in [0, 0.05) is 26.5 Å². The molecule has 27 heavy (non-hydrogen) atoms. The second kappa shape index (κ2) is 10.3. The van der Waals surface area contributed by atoms with E-state index in [1.54, 1.807) is 0 Å². The van der Waals surface area contributed by atoms with Crippen LogP contribution in [-0.2, 0) is 23.8 Å². The van der Waals surface area contributed by atoms with Crippen LogP contribution >= 0.6 is 0 Å². The molecule has 0 unspecified atom stereocenters. The zero-order valence-electron chi connectivity index (χ0n) is 16.1. The van der Waals surface area contributed by atoms with Gasteiger partial charge in [-0.3, -0.25) is 9.59 Å². The molecule has 156 valence electrons. The molecule has 2 amide bonds. The van der Waals surface area contributed by atoms with Crippen LogP contribution in [0.15, 0.2) is 0 Å². The Morgan fingerprint density at radius 3 is 2.74 bits per heavy atom. The van der Waals surface area contributed by atoms with Crippen LogP contribution < -0.4 is 10.6 Å². The van der Waals surface area contributed by atoms with Gasteiger partial charge in [0.05, 0.1) is 13.2 Å². The van der Waals surface area contributed by atoms with Gasteiger partial charge in [-0.25, -0.2) is 0 Å². The van der Waals surface area contributed by atoms with Crippen LogP contribution in [0, 0.1) is 0 Å². The van der Waals surface area contributed by atoms with Crippen molar-refractivity contribution in [3.8, 4) is 0 Å². The van der Waals surface area contributed by atoms with E-state index in [-0.39, 0.29) is 25.0 Å². The van der Waals surface area contributed by atoms with Crippen molar-refractivity contribution < 1.29 is 34.0 Å². The van der Waals surface area contributed by atoms with E-state index in [2.05, 4.69) is 17.6 Å². The van der Waals surface area contributed by atoms with Crippen molar-refractivity contribution in [1.29, 1.82) is 0 Å². The van der Waals surface area contributed by atoms with E-state index >= 15 is 0 Å². The van der Waals surface area contributed by atoms with Crippen molar-refractivity contribution in [3.63, 3.8) is 0 Å². The second-order valence-corrected chi connectivity index (χ2v) is 7.24. The third-order valence-corrected chi connectivity index (χ3v) is 4.88. The largest absolute Gasteiger partial charge is 0.388 e. The molecule has 0 aromatic carbocycles. The summed E-state index contributed by atoms with van der Waals surface area (Å²) < 4.78 is 16.9. The van der Waals surface area contributed by atoms with Gasteiger partial charge in [0.15, 0.2) is 6.29 Å². The number of aliphatic hydroxyl groups is 2. The van der Waals surface area contributed by atoms with Crippen molar-refractivity contribution in [2.24, 2.45) is 0 Å². The minimum absolute atomic E-state index is 0.0484. The molecule has 2 fully saturated rings. The van der Waals surface area contributed by atoms with Crippen LogP contribution in [0.5, 0.6) is 0 Å². The molecule has 0 radical (unpaired) electrons. The summed E-state index contributed by atoms with van der Waals surface area (Å²) in [6.45, 7) is 4.67. The van der Waals surface area contributed by atoms with Crippen LogP contribution in [0.3, 0.4) is 0 Å². The van der Waals surface area contributed by atoms with Gasteiger partial charge in [-0.2, -0.15) is 0 Å². The molecular formula is C18H32N2O7. The number of hydrogen-bond acceptors (Lipinski definition) is 7. The Morgan fingerprint density at radius 1 is 1.26 bits per heavy atom. The first-order valence-corrected chi connectivity index (χ1v) is 9.66. The maximum Gasteiger partial charge on any atom is 0.219 e. The molecule has 4 N–H and O–H groups in total. The summed E-state index contributed by atoms with van der Waals surface area (Å²) >= 11 is 0. The smallest absolute Gasteiger partial charge is 0.219 e. The third kappa shape index (κ3) is 5.86. The molecule has 9 heteroatoms. The molecule has 0 aliphatic carbocycles. The summed E-state index contributed by atoms with van der Waals surface area (Å²) in [4.78, 5) is 22.9. The van der Waals surface area contributed by atoms with Gasteiger partial charge in [-0.1, -0.05) is 13.3 Å². The number of rotatable bonds is 11. The zero-order chi connectivity index (χ0) is 19.9. The number of carbonyl (C=O) groups excluding carboxylic acids is 2. The maximum absolute atomic E-state index is 11.6. The molecule has 2 saturated heterocycles. The zero-order valence-corrected chi connectivity index (χ0v) is 16.1. The second-order valence-electron chi connectivity index (χ2n) is 7.24. The number of hydrogen-bond donors (Lipinski definition) is 4. The molecule has 0 aromatic rings. The van der Waals surface area contributed by atoms with Gasteiger partial charge in [-0.05, 0) is 19.3 Å². The van der Waals surface area contributed by atoms with Crippen molar-refractivity contribution in [2.75, 3.05) is 26.4 Å². The van der Waals surface area contributed by atoms with Gasteiger partial charge in [0.1, 0.15) is 23.9 Å². The summed E-state index contributed by atoms with van der Waals surface area (Å²) in [5.41, 5.74) is -1.14. The highest BCUT2D eigenvalue weighted by Gasteiger charge is 2.59. The molecule has 2 rings (SSSR count). The van der Waals surface area contributed by atoms with Gasteiger partial charge in [0.2, 0.25) is 11.8 Å². The average molecular weight is 388 g/mol. The van der Waals surface area contributed by atoms with Crippen LogP contribution in [0.2, 0.25) is 0 Å². The molecule has 2 bridgehead atoms. The number of aliphatic hydroxyl groups excluding tert-OH is 2. The minimum Gasteiger partial charge on any atom is -0.388 e. The summed E-state index contributed by atoms with van der Waals surface area (Å²) in [6, 6.07) is -0.820. The Hall–Kier alpha value is -1.26. The lowest BCUT2D eigenvalue weighted by Crippen LogP contribution is -2.66. The first-order valence-electron chi connectivity index (χ1n) is 9.66. The first-order chi connectivity index (χ1) is 12.9. The standard InChI is InChI=1S/C18H32N2O7/c1-3-4-8-19-13(22)7-5-6-9-25-10-18-11-26-17(27-18)14(20-12(2)21)15(23)16(18)24/h14-17,23-24H,3-11H2,1-2H3,(H,19,22)(H,20,21)/t14-,15-,16-,17+,18+/m1/s1. The van der Waals surface area contributed by atoms with Crippen molar-refractivity contribution in [2.45, 2.75) is 76.1 Å². The highest BCUT2D eigenvalue weighted by atomic mass is 16.7. The fraction of sp³-hybridized carbons (Fsp3) is 0.889. The number of amides is 2. The Labute approximate surface area is 159 Å². The van der Waals surface area contributed by atoms with Crippen molar-refractivity contribution >= 4 is 11.8 Å². The van der Waals surface area contributed by atoms with Crippen LogP contribution in [0.4, 0.5) is 0 Å². The van der Waals surface area contributed by atoms with E-state index in [1.165, 1.54) is 6.92 Å². The van der Waals surface area contributed by atoms with E-state index in [0.717, 1.165) is 12.8 Å². The van der Waals surface area contributed by atoms with Crippen molar-refractivity contribution in [1.82, 2.24) is 10.6 Å². The quantitative estimate of drug-likeness (QED) is 0.350. The predicted molar refractivity (Wildman–Crippen MR) is 95.8 cm³/mol. The van der Waals surface area contributed by atoms with E-state index in [4.69, 9.17) is 14.2 Å². The van der Waals surface area contributed by atoms with E-state index in [1.807, 2.05) is 0 Å². The highest BCUT2D eigenvalue weighted by Crippen LogP contribution is 2.37. The van der Waals surface area contributed by atoms with Crippen LogP contribution in [0.1, 0.15) is 46.0 Å².